The van der Waals surface area contributed by atoms with Crippen LogP contribution in [0.5, 0.6) is 5.75 Å². The molecule has 0 aliphatic rings. The van der Waals surface area contributed by atoms with E-state index in [1.807, 2.05) is 55.6 Å². The number of hydrogen-bond acceptors (Lipinski definition) is 2. The summed E-state index contributed by atoms with van der Waals surface area (Å²) in [5, 5.41) is 10.2. The molecule has 1 atom stereocenters. The van der Waals surface area contributed by atoms with Crippen molar-refractivity contribution in [3.05, 3.63) is 95.4 Å². The van der Waals surface area contributed by atoms with Crippen molar-refractivity contribution in [2.45, 2.75) is 32.8 Å². The number of carboxylic acids is 1. The summed E-state index contributed by atoms with van der Waals surface area (Å²) in [5.41, 5.74) is 4.69. The average Bonchev–Trinajstić information content (AvgIpc) is 3.20. The lowest BCUT2D eigenvalue weighted by atomic mass is 9.96. The Kier molecular flexibility index (Phi) is 6.46. The molecule has 1 aromatic heterocycles. The Hall–Kier alpha value is -4.04. The van der Waals surface area contributed by atoms with Crippen molar-refractivity contribution in [2.24, 2.45) is 0 Å². The first-order valence-electron chi connectivity index (χ1n) is 10.7. The number of nitrogens with zero attached hydrogens (tertiary/aromatic N) is 1. The van der Waals surface area contributed by atoms with Gasteiger partial charge in [0.25, 0.3) is 0 Å². The molecule has 0 aliphatic heterocycles. The summed E-state index contributed by atoms with van der Waals surface area (Å²) in [6, 6.07) is 20.4. The van der Waals surface area contributed by atoms with Crippen LogP contribution in [0.1, 0.15) is 36.0 Å². The molecule has 166 valence electrons. The van der Waals surface area contributed by atoms with E-state index in [-0.39, 0.29) is 18.2 Å². The minimum atomic E-state index is -0.876. The summed E-state index contributed by atoms with van der Waals surface area (Å²) < 4.78 is 21.6. The number of fused-ring (bicyclic) bond motifs is 1. The van der Waals surface area contributed by atoms with Gasteiger partial charge in [0.2, 0.25) is 0 Å². The average molecular weight is 442 g/mol. The summed E-state index contributed by atoms with van der Waals surface area (Å²) in [7, 11) is 0. The predicted molar refractivity (Wildman–Crippen MR) is 127 cm³/mol. The van der Waals surface area contributed by atoms with E-state index in [2.05, 4.69) is 22.5 Å². The maximum absolute atomic E-state index is 13.5. The lowest BCUT2D eigenvalue weighted by molar-refractivity contribution is -0.137. The molecule has 4 aromatic rings. The molecule has 0 bridgehead atoms. The molecule has 5 heteroatoms. The first-order chi connectivity index (χ1) is 15.9. The Morgan fingerprint density at radius 2 is 1.88 bits per heavy atom. The highest BCUT2D eigenvalue weighted by Crippen LogP contribution is 2.26. The van der Waals surface area contributed by atoms with Crippen LogP contribution in [0.3, 0.4) is 0 Å². The Bertz CT molecular complexity index is 1360. The third-order valence-electron chi connectivity index (χ3n) is 5.56. The molecule has 1 N–H and O–H groups in total. The molecule has 0 amide bonds. The number of carbonyl (C=O) groups is 1. The number of benzene rings is 3. The Morgan fingerprint density at radius 3 is 2.58 bits per heavy atom. The van der Waals surface area contributed by atoms with Crippen LogP contribution in [-0.4, -0.2) is 15.6 Å². The zero-order chi connectivity index (χ0) is 23.4. The SMILES string of the molecule is CC#C[C@@H](CC(=O)O)c1ccc(OCc2ccc3ccn(-c4ccc(F)cc4C)c3c2)cc1. The monoisotopic (exact) mass is 441 g/mol. The van der Waals surface area contributed by atoms with Gasteiger partial charge in [-0.3, -0.25) is 4.79 Å². The van der Waals surface area contributed by atoms with Crippen molar-refractivity contribution < 1.29 is 19.0 Å². The lowest BCUT2D eigenvalue weighted by Crippen LogP contribution is -2.04. The molecule has 0 saturated carbocycles. The standard InChI is InChI=1S/C28H24FNO3/c1-3-4-23(17-28(31)32)21-7-10-25(11-8-21)33-18-20-5-6-22-13-14-30(27(22)16-20)26-12-9-24(29)15-19(26)2/h5-16,23H,17-18H2,1-2H3,(H,31,32)/t23-/m0/s1. The molecule has 33 heavy (non-hydrogen) atoms. The zero-order valence-electron chi connectivity index (χ0n) is 18.5. The molecule has 4 nitrogen and oxygen atoms in total. The number of halogens is 1. The number of aromatic nitrogens is 1. The van der Waals surface area contributed by atoms with Gasteiger partial charge >= 0.3 is 5.97 Å². The number of hydrogen-bond donors (Lipinski definition) is 1. The second-order valence-corrected chi connectivity index (χ2v) is 7.91. The van der Waals surface area contributed by atoms with Crippen LogP contribution >= 0.6 is 0 Å². The van der Waals surface area contributed by atoms with E-state index in [1.54, 1.807) is 13.0 Å². The highest BCUT2D eigenvalue weighted by molar-refractivity contribution is 5.83. The first-order valence-corrected chi connectivity index (χ1v) is 10.7. The van der Waals surface area contributed by atoms with Gasteiger partial charge in [0, 0.05) is 11.9 Å². The molecule has 0 spiro atoms. The van der Waals surface area contributed by atoms with E-state index >= 15 is 0 Å². The smallest absolute Gasteiger partial charge is 0.304 e. The highest BCUT2D eigenvalue weighted by Gasteiger charge is 2.13. The number of carboxylic acid groups (broad SMARTS) is 1. The van der Waals surface area contributed by atoms with Gasteiger partial charge < -0.3 is 14.4 Å². The second kappa shape index (κ2) is 9.62. The van der Waals surface area contributed by atoms with Gasteiger partial charge in [0.15, 0.2) is 0 Å². The van der Waals surface area contributed by atoms with Gasteiger partial charge in [-0.05, 0) is 78.4 Å². The van der Waals surface area contributed by atoms with Gasteiger partial charge in [-0.1, -0.05) is 30.2 Å². The van der Waals surface area contributed by atoms with Gasteiger partial charge in [-0.2, -0.15) is 0 Å². The van der Waals surface area contributed by atoms with Crippen LogP contribution < -0.4 is 4.74 Å². The van der Waals surface area contributed by atoms with Crippen molar-refractivity contribution >= 4 is 16.9 Å². The summed E-state index contributed by atoms with van der Waals surface area (Å²) >= 11 is 0. The fourth-order valence-corrected chi connectivity index (χ4v) is 3.93. The normalized spacial score (nSPS) is 11.6. The zero-order valence-corrected chi connectivity index (χ0v) is 18.5. The minimum Gasteiger partial charge on any atom is -0.489 e. The van der Waals surface area contributed by atoms with Gasteiger partial charge in [0.05, 0.1) is 17.9 Å². The van der Waals surface area contributed by atoms with E-state index in [9.17, 15) is 9.18 Å². The highest BCUT2D eigenvalue weighted by atomic mass is 19.1. The number of rotatable bonds is 7. The van der Waals surface area contributed by atoms with Crippen LogP contribution in [-0.2, 0) is 11.4 Å². The molecule has 0 radical (unpaired) electrons. The van der Waals surface area contributed by atoms with Gasteiger partial charge in [-0.25, -0.2) is 4.39 Å². The van der Waals surface area contributed by atoms with Crippen molar-refractivity contribution in [3.8, 4) is 23.3 Å². The molecule has 4 rings (SSSR count). The quantitative estimate of drug-likeness (QED) is 0.346. The maximum atomic E-state index is 13.5. The van der Waals surface area contributed by atoms with Crippen LogP contribution in [0.15, 0.2) is 72.9 Å². The summed E-state index contributed by atoms with van der Waals surface area (Å²) in [4.78, 5) is 11.1. The topological polar surface area (TPSA) is 51.5 Å². The summed E-state index contributed by atoms with van der Waals surface area (Å²) in [6.07, 6.45) is 1.95. The minimum absolute atomic E-state index is 0.0335. The molecule has 0 saturated heterocycles. The number of aliphatic carboxylic acids is 1. The third kappa shape index (κ3) is 5.07. The maximum Gasteiger partial charge on any atom is 0.304 e. The Balaban J connectivity index is 1.51. The third-order valence-corrected chi connectivity index (χ3v) is 5.56. The molecular formula is C28H24FNO3. The van der Waals surface area contributed by atoms with E-state index in [1.165, 1.54) is 12.1 Å². The van der Waals surface area contributed by atoms with Gasteiger partial charge in [-0.15, -0.1) is 5.92 Å². The van der Waals surface area contributed by atoms with E-state index in [0.29, 0.717) is 12.4 Å². The van der Waals surface area contributed by atoms with Crippen LogP contribution in [0, 0.1) is 24.6 Å². The van der Waals surface area contributed by atoms with E-state index in [4.69, 9.17) is 9.84 Å². The van der Waals surface area contributed by atoms with E-state index in [0.717, 1.165) is 33.3 Å². The predicted octanol–water partition coefficient (Wildman–Crippen LogP) is 6.24. The fraction of sp³-hybridized carbons (Fsp3) is 0.179. The van der Waals surface area contributed by atoms with Crippen LogP contribution in [0.2, 0.25) is 0 Å². The van der Waals surface area contributed by atoms with Crippen molar-refractivity contribution in [1.29, 1.82) is 0 Å². The van der Waals surface area contributed by atoms with Crippen molar-refractivity contribution in [2.75, 3.05) is 0 Å². The molecular weight excluding hydrogens is 417 g/mol. The molecule has 0 aliphatic carbocycles. The first kappa shape index (κ1) is 22.2. The largest absolute Gasteiger partial charge is 0.489 e. The molecule has 1 heterocycles. The molecule has 0 fully saturated rings. The fourth-order valence-electron chi connectivity index (χ4n) is 3.93. The van der Waals surface area contributed by atoms with Crippen molar-refractivity contribution in [1.82, 2.24) is 4.57 Å². The van der Waals surface area contributed by atoms with Gasteiger partial charge in [0.1, 0.15) is 18.2 Å². The Labute approximate surface area is 192 Å². The Morgan fingerprint density at radius 1 is 1.09 bits per heavy atom. The molecule has 0 unspecified atom stereocenters. The second-order valence-electron chi connectivity index (χ2n) is 7.91. The number of ether oxygens (including phenoxy) is 1. The van der Waals surface area contributed by atoms with Crippen LogP contribution in [0.25, 0.3) is 16.6 Å². The van der Waals surface area contributed by atoms with Crippen LogP contribution in [0.4, 0.5) is 4.39 Å². The molecule has 3 aromatic carbocycles. The van der Waals surface area contributed by atoms with E-state index < -0.39 is 5.97 Å². The number of aryl methyl sites for hydroxylation is 1. The summed E-state index contributed by atoms with van der Waals surface area (Å²) in [5.74, 6) is 4.99. The van der Waals surface area contributed by atoms with Crippen molar-refractivity contribution in [3.63, 3.8) is 0 Å². The lowest BCUT2D eigenvalue weighted by Gasteiger charge is -2.12. The summed E-state index contributed by atoms with van der Waals surface area (Å²) in [6.45, 7) is 3.99.